The van der Waals surface area contributed by atoms with Crippen LogP contribution in [-0.4, -0.2) is 36.2 Å². The van der Waals surface area contributed by atoms with Crippen LogP contribution in [0, 0.1) is 11.8 Å². The lowest BCUT2D eigenvalue weighted by Gasteiger charge is -2.44. The van der Waals surface area contributed by atoms with E-state index in [1.807, 2.05) is 0 Å². The van der Waals surface area contributed by atoms with E-state index in [9.17, 15) is 5.11 Å². The van der Waals surface area contributed by atoms with E-state index < -0.39 is 0 Å². The lowest BCUT2D eigenvalue weighted by Crippen LogP contribution is -2.48. The SMILES string of the molecule is CC(CO)(CN1CCC2CCCCC2C1)c1ccccc1. The third-order valence-corrected chi connectivity index (χ3v) is 5.77. The number of hydrogen-bond acceptors (Lipinski definition) is 2. The highest BCUT2D eigenvalue weighted by molar-refractivity contribution is 5.25. The second kappa shape index (κ2) is 6.50. The van der Waals surface area contributed by atoms with Crippen molar-refractivity contribution in [3.05, 3.63) is 35.9 Å². The van der Waals surface area contributed by atoms with E-state index >= 15 is 0 Å². The van der Waals surface area contributed by atoms with Gasteiger partial charge in [-0.2, -0.15) is 0 Å². The third kappa shape index (κ3) is 3.32. The van der Waals surface area contributed by atoms with Gasteiger partial charge in [0, 0.05) is 18.5 Å². The third-order valence-electron chi connectivity index (χ3n) is 5.77. The Morgan fingerprint density at radius 2 is 1.81 bits per heavy atom. The van der Waals surface area contributed by atoms with Gasteiger partial charge >= 0.3 is 0 Å². The topological polar surface area (TPSA) is 23.5 Å². The Bertz CT molecular complexity index is 446. The van der Waals surface area contributed by atoms with Crippen molar-refractivity contribution in [3.63, 3.8) is 0 Å². The lowest BCUT2D eigenvalue weighted by atomic mass is 9.74. The van der Waals surface area contributed by atoms with Gasteiger partial charge in [0.15, 0.2) is 0 Å². The Morgan fingerprint density at radius 1 is 1.10 bits per heavy atom. The lowest BCUT2D eigenvalue weighted by molar-refractivity contribution is 0.0589. The molecule has 3 unspecified atom stereocenters. The van der Waals surface area contributed by atoms with Crippen molar-refractivity contribution in [3.8, 4) is 0 Å². The Hall–Kier alpha value is -0.860. The number of nitrogens with zero attached hydrogens (tertiary/aromatic N) is 1. The molecule has 116 valence electrons. The molecule has 0 amide bonds. The first kappa shape index (κ1) is 15.1. The smallest absolute Gasteiger partial charge is 0.0537 e. The fourth-order valence-electron chi connectivity index (χ4n) is 4.39. The number of piperidine rings is 1. The molecule has 1 saturated carbocycles. The first-order valence-corrected chi connectivity index (χ1v) is 8.60. The molecule has 0 aromatic heterocycles. The zero-order valence-corrected chi connectivity index (χ0v) is 13.3. The average molecular weight is 287 g/mol. The van der Waals surface area contributed by atoms with Crippen LogP contribution in [0.15, 0.2) is 30.3 Å². The summed E-state index contributed by atoms with van der Waals surface area (Å²) in [6, 6.07) is 10.5. The van der Waals surface area contributed by atoms with Crippen LogP contribution in [0.4, 0.5) is 0 Å². The summed E-state index contributed by atoms with van der Waals surface area (Å²) >= 11 is 0. The maximum Gasteiger partial charge on any atom is 0.0537 e. The van der Waals surface area contributed by atoms with E-state index in [1.165, 1.54) is 50.8 Å². The quantitative estimate of drug-likeness (QED) is 0.917. The predicted molar refractivity (Wildman–Crippen MR) is 87.4 cm³/mol. The van der Waals surface area contributed by atoms with Crippen molar-refractivity contribution in [1.29, 1.82) is 0 Å². The van der Waals surface area contributed by atoms with Crippen LogP contribution in [0.1, 0.15) is 44.6 Å². The fourth-order valence-corrected chi connectivity index (χ4v) is 4.39. The molecule has 1 aliphatic carbocycles. The second-order valence-corrected chi connectivity index (χ2v) is 7.41. The largest absolute Gasteiger partial charge is 0.395 e. The molecular weight excluding hydrogens is 258 g/mol. The maximum absolute atomic E-state index is 9.98. The molecule has 1 N–H and O–H groups in total. The zero-order chi connectivity index (χ0) is 14.7. The zero-order valence-electron chi connectivity index (χ0n) is 13.3. The van der Waals surface area contributed by atoms with Gasteiger partial charge in [-0.3, -0.25) is 0 Å². The normalized spacial score (nSPS) is 29.6. The summed E-state index contributed by atoms with van der Waals surface area (Å²) in [5.74, 6) is 1.89. The summed E-state index contributed by atoms with van der Waals surface area (Å²) < 4.78 is 0. The highest BCUT2D eigenvalue weighted by atomic mass is 16.3. The summed E-state index contributed by atoms with van der Waals surface area (Å²) in [5.41, 5.74) is 1.13. The van der Waals surface area contributed by atoms with E-state index in [1.54, 1.807) is 0 Å². The van der Waals surface area contributed by atoms with Gasteiger partial charge in [0.05, 0.1) is 6.61 Å². The van der Waals surface area contributed by atoms with Crippen molar-refractivity contribution in [2.45, 2.75) is 44.4 Å². The molecule has 0 radical (unpaired) electrons. The van der Waals surface area contributed by atoms with Crippen molar-refractivity contribution >= 4 is 0 Å². The van der Waals surface area contributed by atoms with Crippen molar-refractivity contribution < 1.29 is 5.11 Å². The minimum atomic E-state index is -0.136. The molecule has 3 rings (SSSR count). The Labute approximate surface area is 129 Å². The summed E-state index contributed by atoms with van der Waals surface area (Å²) in [7, 11) is 0. The van der Waals surface area contributed by atoms with Crippen LogP contribution in [0.5, 0.6) is 0 Å². The summed E-state index contributed by atoms with van der Waals surface area (Å²) in [6.45, 7) is 5.87. The Kier molecular flexibility index (Phi) is 4.66. The number of likely N-dealkylation sites (tertiary alicyclic amines) is 1. The molecule has 2 fully saturated rings. The molecule has 2 heteroatoms. The molecule has 1 aromatic rings. The highest BCUT2D eigenvalue weighted by Gasteiger charge is 2.35. The minimum Gasteiger partial charge on any atom is -0.395 e. The van der Waals surface area contributed by atoms with Gasteiger partial charge in [0.25, 0.3) is 0 Å². The van der Waals surface area contributed by atoms with Crippen LogP contribution < -0.4 is 0 Å². The molecule has 1 aliphatic heterocycles. The first-order chi connectivity index (χ1) is 10.2. The number of fused-ring (bicyclic) bond motifs is 1. The van der Waals surface area contributed by atoms with Crippen LogP contribution in [0.25, 0.3) is 0 Å². The van der Waals surface area contributed by atoms with E-state index in [0.29, 0.717) is 0 Å². The standard InChI is InChI=1S/C19H29NO/c1-19(15-21,18-9-3-2-4-10-18)14-20-12-11-16-7-5-6-8-17(16)13-20/h2-4,9-10,16-17,21H,5-8,11-15H2,1H3. The summed E-state index contributed by atoms with van der Waals surface area (Å²) in [5, 5.41) is 9.98. The van der Waals surface area contributed by atoms with Gasteiger partial charge in [-0.15, -0.1) is 0 Å². The number of aliphatic hydroxyl groups is 1. The molecule has 21 heavy (non-hydrogen) atoms. The van der Waals surface area contributed by atoms with Crippen LogP contribution in [0.2, 0.25) is 0 Å². The molecule has 0 bridgehead atoms. The molecule has 0 spiro atoms. The Balaban J connectivity index is 1.67. The van der Waals surface area contributed by atoms with Gasteiger partial charge < -0.3 is 10.0 Å². The van der Waals surface area contributed by atoms with Crippen LogP contribution in [-0.2, 0) is 5.41 Å². The van der Waals surface area contributed by atoms with Crippen molar-refractivity contribution in [1.82, 2.24) is 4.90 Å². The van der Waals surface area contributed by atoms with Gasteiger partial charge in [0.2, 0.25) is 0 Å². The van der Waals surface area contributed by atoms with Gasteiger partial charge in [-0.05, 0) is 36.8 Å². The maximum atomic E-state index is 9.98. The number of benzene rings is 1. The number of hydrogen-bond donors (Lipinski definition) is 1. The molecule has 2 aliphatic rings. The molecule has 3 atom stereocenters. The fraction of sp³-hybridized carbons (Fsp3) is 0.684. The van der Waals surface area contributed by atoms with E-state index in [-0.39, 0.29) is 12.0 Å². The van der Waals surface area contributed by atoms with E-state index in [4.69, 9.17) is 0 Å². The molecule has 1 saturated heterocycles. The van der Waals surface area contributed by atoms with Gasteiger partial charge in [0.1, 0.15) is 0 Å². The van der Waals surface area contributed by atoms with Gasteiger partial charge in [-0.1, -0.05) is 56.5 Å². The molecular formula is C19H29NO. The average Bonchev–Trinajstić information content (AvgIpc) is 2.55. The van der Waals surface area contributed by atoms with Crippen LogP contribution >= 0.6 is 0 Å². The minimum absolute atomic E-state index is 0.136. The molecule has 1 heterocycles. The molecule has 1 aromatic carbocycles. The first-order valence-electron chi connectivity index (χ1n) is 8.60. The predicted octanol–water partition coefficient (Wildman–Crippen LogP) is 3.45. The van der Waals surface area contributed by atoms with Crippen LogP contribution in [0.3, 0.4) is 0 Å². The van der Waals surface area contributed by atoms with E-state index in [2.05, 4.69) is 42.2 Å². The van der Waals surface area contributed by atoms with Gasteiger partial charge in [-0.25, -0.2) is 0 Å². The summed E-state index contributed by atoms with van der Waals surface area (Å²) in [6.07, 6.45) is 7.10. The Morgan fingerprint density at radius 3 is 2.52 bits per heavy atom. The summed E-state index contributed by atoms with van der Waals surface area (Å²) in [4.78, 5) is 2.61. The second-order valence-electron chi connectivity index (χ2n) is 7.41. The number of aliphatic hydroxyl groups excluding tert-OH is 1. The monoisotopic (exact) mass is 287 g/mol. The highest BCUT2D eigenvalue weighted by Crippen LogP contribution is 2.37. The van der Waals surface area contributed by atoms with Crippen molar-refractivity contribution in [2.75, 3.05) is 26.2 Å². The van der Waals surface area contributed by atoms with Crippen molar-refractivity contribution in [2.24, 2.45) is 11.8 Å². The molecule has 2 nitrogen and oxygen atoms in total. The van der Waals surface area contributed by atoms with E-state index in [0.717, 1.165) is 18.4 Å². The number of rotatable bonds is 4.